The summed E-state index contributed by atoms with van der Waals surface area (Å²) in [6, 6.07) is 5.83. The second-order valence-electron chi connectivity index (χ2n) is 5.82. The van der Waals surface area contributed by atoms with Crippen molar-refractivity contribution in [1.29, 1.82) is 0 Å². The number of urea groups is 1. The largest absolute Gasteiger partial charge is 0.496 e. The van der Waals surface area contributed by atoms with Crippen LogP contribution in [0.2, 0.25) is 0 Å². The first-order valence-corrected chi connectivity index (χ1v) is 8.06. The van der Waals surface area contributed by atoms with Gasteiger partial charge < -0.3 is 20.3 Å². The third kappa shape index (κ3) is 5.22. The fourth-order valence-electron chi connectivity index (χ4n) is 2.81. The minimum Gasteiger partial charge on any atom is -0.496 e. The molecule has 1 aliphatic heterocycles. The van der Waals surface area contributed by atoms with Gasteiger partial charge in [-0.3, -0.25) is 0 Å². The van der Waals surface area contributed by atoms with Crippen molar-refractivity contribution in [2.75, 3.05) is 33.3 Å². The molecule has 0 radical (unpaired) electrons. The number of likely N-dealkylation sites (tertiary alicyclic amines) is 1. The summed E-state index contributed by atoms with van der Waals surface area (Å²) in [6.45, 7) is 6.49. The molecular formula is C17H27N3O2. The van der Waals surface area contributed by atoms with Crippen molar-refractivity contribution in [2.24, 2.45) is 0 Å². The number of carbonyl (C=O) groups is 1. The van der Waals surface area contributed by atoms with E-state index in [0.717, 1.165) is 36.5 Å². The van der Waals surface area contributed by atoms with Crippen molar-refractivity contribution in [3.05, 3.63) is 29.3 Å². The maximum absolute atomic E-state index is 11.8. The number of nitrogens with zero attached hydrogens (tertiary/aromatic N) is 1. The minimum atomic E-state index is -0.106. The van der Waals surface area contributed by atoms with Crippen LogP contribution < -0.4 is 15.4 Å². The molecule has 22 heavy (non-hydrogen) atoms. The van der Waals surface area contributed by atoms with Crippen LogP contribution >= 0.6 is 0 Å². The van der Waals surface area contributed by atoms with Gasteiger partial charge in [-0.05, 0) is 50.0 Å². The molecule has 0 atom stereocenters. The lowest BCUT2D eigenvalue weighted by molar-refractivity contribution is 0.220. The first-order valence-electron chi connectivity index (χ1n) is 8.06. The summed E-state index contributed by atoms with van der Waals surface area (Å²) >= 11 is 0. The molecule has 0 aliphatic carbocycles. The zero-order valence-corrected chi connectivity index (χ0v) is 13.7. The molecule has 1 saturated heterocycles. The van der Waals surface area contributed by atoms with E-state index in [2.05, 4.69) is 15.5 Å². The number of carbonyl (C=O) groups excluding carboxylic acids is 1. The number of methoxy groups -OCH3 is 1. The van der Waals surface area contributed by atoms with Crippen molar-refractivity contribution in [3.63, 3.8) is 0 Å². The Balaban J connectivity index is 1.65. The molecule has 2 N–H and O–H groups in total. The number of aryl methyl sites for hydroxylation is 1. The first kappa shape index (κ1) is 16.6. The molecule has 2 amide bonds. The van der Waals surface area contributed by atoms with Crippen molar-refractivity contribution < 1.29 is 9.53 Å². The summed E-state index contributed by atoms with van der Waals surface area (Å²) < 4.78 is 5.23. The van der Waals surface area contributed by atoms with E-state index in [9.17, 15) is 4.79 Å². The lowest BCUT2D eigenvalue weighted by Crippen LogP contribution is -2.41. The maximum atomic E-state index is 11.8. The lowest BCUT2D eigenvalue weighted by Gasteiger charge is -2.26. The molecule has 0 unspecified atom stereocenters. The Kier molecular flexibility index (Phi) is 6.52. The molecule has 1 aliphatic rings. The Hall–Kier alpha value is -1.75. The van der Waals surface area contributed by atoms with Gasteiger partial charge in [-0.2, -0.15) is 0 Å². The second kappa shape index (κ2) is 8.63. The Bertz CT molecular complexity index is 485. The number of rotatable bonds is 6. The molecule has 0 saturated carbocycles. The zero-order chi connectivity index (χ0) is 15.8. The van der Waals surface area contributed by atoms with Crippen LogP contribution in [0.25, 0.3) is 0 Å². The quantitative estimate of drug-likeness (QED) is 0.848. The van der Waals surface area contributed by atoms with E-state index in [1.54, 1.807) is 7.11 Å². The van der Waals surface area contributed by atoms with E-state index in [1.807, 2.05) is 25.1 Å². The van der Waals surface area contributed by atoms with E-state index >= 15 is 0 Å². The highest BCUT2D eigenvalue weighted by molar-refractivity contribution is 5.73. The van der Waals surface area contributed by atoms with Crippen LogP contribution in [0.5, 0.6) is 5.75 Å². The van der Waals surface area contributed by atoms with Gasteiger partial charge >= 0.3 is 6.03 Å². The van der Waals surface area contributed by atoms with Gasteiger partial charge in [0, 0.05) is 19.6 Å². The zero-order valence-electron chi connectivity index (χ0n) is 13.7. The summed E-state index contributed by atoms with van der Waals surface area (Å²) in [7, 11) is 1.66. The van der Waals surface area contributed by atoms with E-state index in [1.165, 1.54) is 19.3 Å². The van der Waals surface area contributed by atoms with Gasteiger partial charge in [0.25, 0.3) is 0 Å². The van der Waals surface area contributed by atoms with Crippen LogP contribution in [0.1, 0.15) is 30.4 Å². The van der Waals surface area contributed by atoms with Crippen molar-refractivity contribution >= 4 is 6.03 Å². The SMILES string of the molecule is COc1ccc(CNC(=O)NCCN2CCCCC2)cc1C. The Labute approximate surface area is 133 Å². The average Bonchev–Trinajstić information content (AvgIpc) is 2.54. The lowest BCUT2D eigenvalue weighted by atomic mass is 10.1. The highest BCUT2D eigenvalue weighted by atomic mass is 16.5. The third-order valence-electron chi connectivity index (χ3n) is 4.07. The molecular weight excluding hydrogens is 278 g/mol. The summed E-state index contributed by atoms with van der Waals surface area (Å²) in [4.78, 5) is 14.2. The van der Waals surface area contributed by atoms with Crippen molar-refractivity contribution in [2.45, 2.75) is 32.7 Å². The van der Waals surface area contributed by atoms with Crippen molar-refractivity contribution in [1.82, 2.24) is 15.5 Å². The normalized spacial score (nSPS) is 15.4. The molecule has 5 heteroatoms. The second-order valence-corrected chi connectivity index (χ2v) is 5.82. The van der Waals surface area contributed by atoms with Crippen LogP contribution in [0.4, 0.5) is 4.79 Å². The molecule has 5 nitrogen and oxygen atoms in total. The van der Waals surface area contributed by atoms with Gasteiger partial charge in [-0.25, -0.2) is 4.79 Å². The Morgan fingerprint density at radius 3 is 2.68 bits per heavy atom. The number of amides is 2. The van der Waals surface area contributed by atoms with Gasteiger partial charge in [0.15, 0.2) is 0 Å². The molecule has 122 valence electrons. The number of piperidine rings is 1. The number of nitrogens with one attached hydrogen (secondary N) is 2. The highest BCUT2D eigenvalue weighted by Crippen LogP contribution is 2.18. The molecule has 1 aromatic carbocycles. The summed E-state index contributed by atoms with van der Waals surface area (Å²) in [5.41, 5.74) is 2.15. The van der Waals surface area contributed by atoms with Gasteiger partial charge in [-0.1, -0.05) is 18.6 Å². The van der Waals surface area contributed by atoms with Crippen molar-refractivity contribution in [3.8, 4) is 5.75 Å². The highest BCUT2D eigenvalue weighted by Gasteiger charge is 2.09. The summed E-state index contributed by atoms with van der Waals surface area (Å²) in [5, 5.41) is 5.81. The van der Waals surface area contributed by atoms with Crippen LogP contribution in [-0.4, -0.2) is 44.2 Å². The molecule has 2 rings (SSSR count). The fourth-order valence-corrected chi connectivity index (χ4v) is 2.81. The maximum Gasteiger partial charge on any atom is 0.315 e. The average molecular weight is 305 g/mol. The number of ether oxygens (including phenoxy) is 1. The molecule has 1 fully saturated rings. The molecule has 0 aromatic heterocycles. The van der Waals surface area contributed by atoms with E-state index in [4.69, 9.17) is 4.74 Å². The number of hydrogen-bond donors (Lipinski definition) is 2. The van der Waals surface area contributed by atoms with Gasteiger partial charge in [0.2, 0.25) is 0 Å². The van der Waals surface area contributed by atoms with Gasteiger partial charge in [-0.15, -0.1) is 0 Å². The predicted molar refractivity (Wildman–Crippen MR) is 88.3 cm³/mol. The monoisotopic (exact) mass is 305 g/mol. The number of hydrogen-bond acceptors (Lipinski definition) is 3. The van der Waals surface area contributed by atoms with Crippen LogP contribution in [0.3, 0.4) is 0 Å². The van der Waals surface area contributed by atoms with Gasteiger partial charge in [0.05, 0.1) is 7.11 Å². The summed E-state index contributed by atoms with van der Waals surface area (Å²) in [6.07, 6.45) is 3.90. The summed E-state index contributed by atoms with van der Waals surface area (Å²) in [5.74, 6) is 0.870. The molecule has 1 aromatic rings. The van der Waals surface area contributed by atoms with E-state index in [-0.39, 0.29) is 6.03 Å². The topological polar surface area (TPSA) is 53.6 Å². The third-order valence-corrected chi connectivity index (χ3v) is 4.07. The van der Waals surface area contributed by atoms with Crippen LogP contribution in [-0.2, 0) is 6.54 Å². The smallest absolute Gasteiger partial charge is 0.315 e. The first-order chi connectivity index (χ1) is 10.7. The molecule has 1 heterocycles. The molecule has 0 bridgehead atoms. The standard InChI is InChI=1S/C17H27N3O2/c1-14-12-15(6-7-16(14)22-2)13-19-17(21)18-8-11-20-9-4-3-5-10-20/h6-7,12H,3-5,8-11,13H2,1-2H3,(H2,18,19,21). The van der Waals surface area contributed by atoms with Crippen LogP contribution in [0, 0.1) is 6.92 Å². The van der Waals surface area contributed by atoms with Crippen LogP contribution in [0.15, 0.2) is 18.2 Å². The molecule has 0 spiro atoms. The minimum absolute atomic E-state index is 0.106. The Morgan fingerprint density at radius 2 is 2.00 bits per heavy atom. The Morgan fingerprint density at radius 1 is 1.23 bits per heavy atom. The van der Waals surface area contributed by atoms with E-state index in [0.29, 0.717) is 13.1 Å². The van der Waals surface area contributed by atoms with E-state index < -0.39 is 0 Å². The fraction of sp³-hybridized carbons (Fsp3) is 0.588. The number of benzene rings is 1. The van der Waals surface area contributed by atoms with Gasteiger partial charge in [0.1, 0.15) is 5.75 Å². The predicted octanol–water partition coefficient (Wildman–Crippen LogP) is 2.29.